The molecule has 5 heteroatoms. The first-order valence-electron chi connectivity index (χ1n) is 5.04. The van der Waals surface area contributed by atoms with Crippen molar-refractivity contribution in [3.63, 3.8) is 0 Å². The molecule has 1 aliphatic heterocycles. The fourth-order valence-electron chi connectivity index (χ4n) is 1.76. The highest BCUT2D eigenvalue weighted by Gasteiger charge is 2.18. The highest BCUT2D eigenvalue weighted by molar-refractivity contribution is 7.90. The molecular weight excluding hydrogens is 200 g/mol. The van der Waals surface area contributed by atoms with Gasteiger partial charge in [-0.15, -0.1) is 0 Å². The fraction of sp³-hybridized carbons (Fsp3) is 1.00. The van der Waals surface area contributed by atoms with Crippen molar-refractivity contribution in [1.82, 2.24) is 10.2 Å². The third-order valence-electron chi connectivity index (χ3n) is 2.57. The van der Waals surface area contributed by atoms with Gasteiger partial charge in [0.05, 0.1) is 5.75 Å². The summed E-state index contributed by atoms with van der Waals surface area (Å²) in [7, 11) is -0.682. The molecule has 0 amide bonds. The lowest BCUT2D eigenvalue weighted by Gasteiger charge is -2.10. The predicted molar refractivity (Wildman–Crippen MR) is 58.2 cm³/mol. The molecule has 1 N–H and O–H groups in total. The smallest absolute Gasteiger partial charge is 0.148 e. The largest absolute Gasteiger partial charge is 0.315 e. The molecule has 0 aromatic rings. The van der Waals surface area contributed by atoms with Crippen LogP contribution in [0.3, 0.4) is 0 Å². The third-order valence-corrected chi connectivity index (χ3v) is 3.52. The van der Waals surface area contributed by atoms with E-state index in [2.05, 4.69) is 17.3 Å². The number of likely N-dealkylation sites (tertiary alicyclic amines) is 1. The van der Waals surface area contributed by atoms with Crippen LogP contribution in [0.5, 0.6) is 0 Å². The van der Waals surface area contributed by atoms with Crippen LogP contribution in [0.2, 0.25) is 0 Å². The maximum absolute atomic E-state index is 10.8. The van der Waals surface area contributed by atoms with E-state index in [0.717, 1.165) is 13.1 Å². The number of rotatable bonds is 5. The SMILES string of the molecule is CN1CCC(CNCCS(C)(=O)=O)C1. The van der Waals surface area contributed by atoms with Crippen molar-refractivity contribution >= 4 is 9.84 Å². The summed E-state index contributed by atoms with van der Waals surface area (Å²) < 4.78 is 21.7. The maximum atomic E-state index is 10.8. The van der Waals surface area contributed by atoms with Crippen LogP contribution in [-0.4, -0.2) is 58.6 Å². The van der Waals surface area contributed by atoms with Gasteiger partial charge in [0.15, 0.2) is 0 Å². The predicted octanol–water partition coefficient (Wildman–Crippen LogP) is -0.428. The standard InChI is InChI=1S/C9H20N2O2S/c1-11-5-3-9(8-11)7-10-4-6-14(2,12)13/h9-10H,3-8H2,1-2H3. The highest BCUT2D eigenvalue weighted by atomic mass is 32.2. The van der Waals surface area contributed by atoms with E-state index >= 15 is 0 Å². The molecule has 0 aromatic carbocycles. The second-order valence-corrected chi connectivity index (χ2v) is 6.51. The van der Waals surface area contributed by atoms with Crippen molar-refractivity contribution in [3.8, 4) is 0 Å². The normalized spacial score (nSPS) is 24.3. The van der Waals surface area contributed by atoms with E-state index in [0.29, 0.717) is 12.5 Å². The van der Waals surface area contributed by atoms with E-state index < -0.39 is 9.84 Å². The molecule has 0 aliphatic carbocycles. The van der Waals surface area contributed by atoms with Crippen molar-refractivity contribution in [2.75, 3.05) is 45.2 Å². The summed E-state index contributed by atoms with van der Waals surface area (Å²) in [6.07, 6.45) is 2.50. The summed E-state index contributed by atoms with van der Waals surface area (Å²) in [6, 6.07) is 0. The Labute approximate surface area is 86.6 Å². The topological polar surface area (TPSA) is 49.4 Å². The highest BCUT2D eigenvalue weighted by Crippen LogP contribution is 2.12. The minimum atomic E-state index is -2.80. The Hall–Kier alpha value is -0.130. The van der Waals surface area contributed by atoms with Crippen LogP contribution in [0.1, 0.15) is 6.42 Å². The van der Waals surface area contributed by atoms with Crippen molar-refractivity contribution in [3.05, 3.63) is 0 Å². The average Bonchev–Trinajstić information content (AvgIpc) is 2.44. The van der Waals surface area contributed by atoms with Gasteiger partial charge >= 0.3 is 0 Å². The number of hydrogen-bond acceptors (Lipinski definition) is 4. The quantitative estimate of drug-likeness (QED) is 0.639. The van der Waals surface area contributed by atoms with Gasteiger partial charge in [-0.3, -0.25) is 0 Å². The Balaban J connectivity index is 2.05. The van der Waals surface area contributed by atoms with E-state index in [4.69, 9.17) is 0 Å². The minimum absolute atomic E-state index is 0.246. The monoisotopic (exact) mass is 220 g/mol. The second kappa shape index (κ2) is 5.09. The fourth-order valence-corrected chi connectivity index (χ4v) is 2.27. The van der Waals surface area contributed by atoms with Crippen LogP contribution in [0.25, 0.3) is 0 Å². The molecule has 14 heavy (non-hydrogen) atoms. The molecule has 84 valence electrons. The van der Waals surface area contributed by atoms with Crippen molar-refractivity contribution < 1.29 is 8.42 Å². The van der Waals surface area contributed by atoms with Crippen LogP contribution in [-0.2, 0) is 9.84 Å². The van der Waals surface area contributed by atoms with E-state index in [1.54, 1.807) is 0 Å². The molecule has 0 radical (unpaired) electrons. The van der Waals surface area contributed by atoms with E-state index in [1.165, 1.54) is 19.2 Å². The first kappa shape index (κ1) is 11.9. The van der Waals surface area contributed by atoms with Crippen molar-refractivity contribution in [1.29, 1.82) is 0 Å². The van der Waals surface area contributed by atoms with Crippen LogP contribution in [0, 0.1) is 5.92 Å². The van der Waals surface area contributed by atoms with Gasteiger partial charge in [-0.05, 0) is 32.5 Å². The summed E-state index contributed by atoms with van der Waals surface area (Å²) in [5.41, 5.74) is 0. The van der Waals surface area contributed by atoms with Crippen molar-refractivity contribution in [2.24, 2.45) is 5.92 Å². The van der Waals surface area contributed by atoms with Gasteiger partial charge < -0.3 is 10.2 Å². The zero-order chi connectivity index (χ0) is 10.6. The van der Waals surface area contributed by atoms with Crippen molar-refractivity contribution in [2.45, 2.75) is 6.42 Å². The molecule has 0 bridgehead atoms. The summed E-state index contributed by atoms with van der Waals surface area (Å²) in [5.74, 6) is 0.940. The Morgan fingerprint density at radius 3 is 2.71 bits per heavy atom. The first-order chi connectivity index (χ1) is 6.47. The maximum Gasteiger partial charge on any atom is 0.148 e. The first-order valence-corrected chi connectivity index (χ1v) is 7.10. The van der Waals surface area contributed by atoms with E-state index in [-0.39, 0.29) is 5.75 Å². The Bertz CT molecular complexity index is 264. The molecule has 1 heterocycles. The molecule has 1 fully saturated rings. The van der Waals surface area contributed by atoms with Gasteiger partial charge in [0, 0.05) is 19.3 Å². The molecule has 1 atom stereocenters. The minimum Gasteiger partial charge on any atom is -0.315 e. The van der Waals surface area contributed by atoms with Crippen LogP contribution in [0.4, 0.5) is 0 Å². The molecule has 4 nitrogen and oxygen atoms in total. The van der Waals surface area contributed by atoms with Crippen LogP contribution >= 0.6 is 0 Å². The number of sulfone groups is 1. The Morgan fingerprint density at radius 2 is 2.21 bits per heavy atom. The Kier molecular flexibility index (Phi) is 4.34. The summed E-state index contributed by atoms with van der Waals surface area (Å²) in [5, 5.41) is 3.20. The number of hydrogen-bond donors (Lipinski definition) is 1. The molecule has 1 rings (SSSR count). The number of nitrogens with one attached hydrogen (secondary N) is 1. The van der Waals surface area contributed by atoms with Gasteiger partial charge in [0.25, 0.3) is 0 Å². The zero-order valence-electron chi connectivity index (χ0n) is 8.99. The molecule has 0 aromatic heterocycles. The number of nitrogens with zero attached hydrogens (tertiary/aromatic N) is 1. The van der Waals surface area contributed by atoms with Crippen LogP contribution in [0.15, 0.2) is 0 Å². The molecule has 0 spiro atoms. The van der Waals surface area contributed by atoms with Gasteiger partial charge in [-0.1, -0.05) is 0 Å². The molecule has 1 unspecified atom stereocenters. The summed E-state index contributed by atoms with van der Waals surface area (Å²) in [4.78, 5) is 2.31. The van der Waals surface area contributed by atoms with Gasteiger partial charge in [-0.2, -0.15) is 0 Å². The lowest BCUT2D eigenvalue weighted by molar-refractivity contribution is 0.389. The zero-order valence-corrected chi connectivity index (χ0v) is 9.81. The molecular formula is C9H20N2O2S. The average molecular weight is 220 g/mol. The second-order valence-electron chi connectivity index (χ2n) is 4.25. The molecule has 1 aliphatic rings. The van der Waals surface area contributed by atoms with Gasteiger partial charge in [0.1, 0.15) is 9.84 Å². The van der Waals surface area contributed by atoms with E-state index in [1.807, 2.05) is 0 Å². The van der Waals surface area contributed by atoms with E-state index in [9.17, 15) is 8.42 Å². The third kappa shape index (κ3) is 4.93. The van der Waals surface area contributed by atoms with Gasteiger partial charge in [0.2, 0.25) is 0 Å². The van der Waals surface area contributed by atoms with Gasteiger partial charge in [-0.25, -0.2) is 8.42 Å². The van der Waals surface area contributed by atoms with Crippen LogP contribution < -0.4 is 5.32 Å². The molecule has 0 saturated carbocycles. The summed E-state index contributed by atoms with van der Waals surface area (Å²) in [6.45, 7) is 3.82. The molecule has 1 saturated heterocycles. The lowest BCUT2D eigenvalue weighted by atomic mass is 10.1. The Morgan fingerprint density at radius 1 is 1.50 bits per heavy atom. The summed E-state index contributed by atoms with van der Waals surface area (Å²) >= 11 is 0. The lowest BCUT2D eigenvalue weighted by Crippen LogP contribution is -2.29.